The summed E-state index contributed by atoms with van der Waals surface area (Å²) in [6, 6.07) is 16.3. The number of benzene rings is 2. The number of rotatable bonds is 6. The first kappa shape index (κ1) is 22.9. The first-order valence-corrected chi connectivity index (χ1v) is 11.4. The van der Waals surface area contributed by atoms with Crippen LogP contribution in [0.15, 0.2) is 48.5 Å². The van der Waals surface area contributed by atoms with Gasteiger partial charge >= 0.3 is 6.03 Å². The van der Waals surface area contributed by atoms with Crippen molar-refractivity contribution in [3.05, 3.63) is 70.8 Å². The molecule has 1 aliphatic rings. The van der Waals surface area contributed by atoms with Crippen LogP contribution >= 0.6 is 0 Å². The van der Waals surface area contributed by atoms with Gasteiger partial charge in [0.25, 0.3) is 5.91 Å². The monoisotopic (exact) mass is 421 g/mol. The van der Waals surface area contributed by atoms with Gasteiger partial charge in [-0.1, -0.05) is 43.3 Å². The highest BCUT2D eigenvalue weighted by molar-refractivity contribution is 5.94. The third-order valence-electron chi connectivity index (χ3n) is 5.98. The summed E-state index contributed by atoms with van der Waals surface area (Å²) >= 11 is 0. The summed E-state index contributed by atoms with van der Waals surface area (Å²) < 4.78 is 0. The largest absolute Gasteiger partial charge is 0.346 e. The molecule has 0 aliphatic carbocycles. The van der Waals surface area contributed by atoms with Gasteiger partial charge in [-0.25, -0.2) is 4.79 Å². The van der Waals surface area contributed by atoms with Crippen molar-refractivity contribution in [3.8, 4) is 0 Å². The molecule has 0 spiro atoms. The second-order valence-electron chi connectivity index (χ2n) is 8.81. The highest BCUT2D eigenvalue weighted by atomic mass is 16.2. The number of carbonyl (C=O) groups is 2. The molecule has 166 valence electrons. The standard InChI is InChI=1S/C26H35N3O2/c1-5-20-11-13-21(14-12-20)19(4)28-25(30)23-9-6-8-22(16-23)24-10-7-15-29(17-24)26(31)27-18(2)3/h6,8-9,11-14,16,18-19,24H,5,7,10,15,17H2,1-4H3,(H,27,31)(H,28,30)/t19-,24-/m0/s1. The fourth-order valence-corrected chi connectivity index (χ4v) is 4.11. The summed E-state index contributed by atoms with van der Waals surface area (Å²) in [5, 5.41) is 6.10. The average molecular weight is 422 g/mol. The van der Waals surface area contributed by atoms with Crippen molar-refractivity contribution in [1.29, 1.82) is 0 Å². The Kier molecular flexibility index (Phi) is 7.72. The lowest BCUT2D eigenvalue weighted by molar-refractivity contribution is 0.0939. The number of nitrogens with zero attached hydrogens (tertiary/aromatic N) is 1. The molecule has 5 heteroatoms. The Morgan fingerprint density at radius 3 is 2.48 bits per heavy atom. The van der Waals surface area contributed by atoms with Crippen LogP contribution in [0.2, 0.25) is 0 Å². The number of hydrogen-bond acceptors (Lipinski definition) is 2. The highest BCUT2D eigenvalue weighted by Crippen LogP contribution is 2.28. The zero-order chi connectivity index (χ0) is 22.4. The van der Waals surface area contributed by atoms with Crippen LogP contribution in [0.3, 0.4) is 0 Å². The van der Waals surface area contributed by atoms with Crippen molar-refractivity contribution in [3.63, 3.8) is 0 Å². The normalized spacial score (nSPS) is 17.3. The minimum absolute atomic E-state index is 0.00323. The van der Waals surface area contributed by atoms with Crippen LogP contribution in [0, 0.1) is 0 Å². The van der Waals surface area contributed by atoms with E-state index in [-0.39, 0.29) is 29.9 Å². The van der Waals surface area contributed by atoms with Crippen LogP contribution in [-0.4, -0.2) is 36.0 Å². The lowest BCUT2D eigenvalue weighted by Crippen LogP contribution is -2.47. The summed E-state index contributed by atoms with van der Waals surface area (Å²) in [5.74, 6) is 0.178. The van der Waals surface area contributed by atoms with Crippen LogP contribution in [0.4, 0.5) is 4.79 Å². The molecule has 31 heavy (non-hydrogen) atoms. The fraction of sp³-hybridized carbons (Fsp3) is 0.462. The van der Waals surface area contributed by atoms with Crippen LogP contribution in [0.1, 0.15) is 79.5 Å². The van der Waals surface area contributed by atoms with Gasteiger partial charge in [0.05, 0.1) is 6.04 Å². The quantitative estimate of drug-likeness (QED) is 0.687. The van der Waals surface area contributed by atoms with E-state index < -0.39 is 0 Å². The molecular formula is C26H35N3O2. The van der Waals surface area contributed by atoms with E-state index in [9.17, 15) is 9.59 Å². The van der Waals surface area contributed by atoms with Crippen molar-refractivity contribution >= 4 is 11.9 Å². The number of urea groups is 1. The summed E-state index contributed by atoms with van der Waals surface area (Å²) in [7, 11) is 0. The van der Waals surface area contributed by atoms with Gasteiger partial charge in [0.15, 0.2) is 0 Å². The Morgan fingerprint density at radius 1 is 1.06 bits per heavy atom. The number of piperidine rings is 1. The van der Waals surface area contributed by atoms with Gasteiger partial charge in [0.1, 0.15) is 0 Å². The Bertz CT molecular complexity index is 892. The first-order valence-electron chi connectivity index (χ1n) is 11.4. The van der Waals surface area contributed by atoms with Crippen LogP contribution in [0.5, 0.6) is 0 Å². The van der Waals surface area contributed by atoms with Crippen molar-refractivity contribution in [1.82, 2.24) is 15.5 Å². The third kappa shape index (κ3) is 6.09. The van der Waals surface area contributed by atoms with Crippen molar-refractivity contribution in [2.75, 3.05) is 13.1 Å². The van der Waals surface area contributed by atoms with Gasteiger partial charge in [-0.3, -0.25) is 4.79 Å². The van der Waals surface area contributed by atoms with Crippen molar-refractivity contribution in [2.24, 2.45) is 0 Å². The van der Waals surface area contributed by atoms with E-state index in [1.165, 1.54) is 5.56 Å². The molecule has 2 aromatic carbocycles. The molecule has 3 amide bonds. The zero-order valence-corrected chi connectivity index (χ0v) is 19.2. The maximum absolute atomic E-state index is 12.9. The zero-order valence-electron chi connectivity index (χ0n) is 19.2. The van der Waals surface area contributed by atoms with E-state index in [0.29, 0.717) is 12.1 Å². The van der Waals surface area contributed by atoms with E-state index in [4.69, 9.17) is 0 Å². The van der Waals surface area contributed by atoms with Gasteiger partial charge in [-0.2, -0.15) is 0 Å². The van der Waals surface area contributed by atoms with Crippen LogP contribution in [-0.2, 0) is 6.42 Å². The third-order valence-corrected chi connectivity index (χ3v) is 5.98. The number of amides is 3. The summed E-state index contributed by atoms with van der Waals surface area (Å²) in [6.07, 6.45) is 3.00. The molecule has 1 heterocycles. The lowest BCUT2D eigenvalue weighted by Gasteiger charge is -2.33. The van der Waals surface area contributed by atoms with Gasteiger partial charge < -0.3 is 15.5 Å². The fourth-order valence-electron chi connectivity index (χ4n) is 4.11. The van der Waals surface area contributed by atoms with E-state index in [1.54, 1.807) is 0 Å². The minimum atomic E-state index is -0.0702. The van der Waals surface area contributed by atoms with E-state index in [0.717, 1.165) is 36.9 Å². The lowest BCUT2D eigenvalue weighted by atomic mass is 9.89. The Balaban J connectivity index is 1.66. The Labute approximate surface area is 186 Å². The molecule has 5 nitrogen and oxygen atoms in total. The Morgan fingerprint density at radius 2 is 1.81 bits per heavy atom. The van der Waals surface area contributed by atoms with Gasteiger partial charge in [-0.05, 0) is 68.9 Å². The molecule has 0 aromatic heterocycles. The number of likely N-dealkylation sites (tertiary alicyclic amines) is 1. The van der Waals surface area contributed by atoms with Crippen LogP contribution < -0.4 is 10.6 Å². The number of aryl methyl sites for hydroxylation is 1. The number of carbonyl (C=O) groups excluding carboxylic acids is 2. The summed E-state index contributed by atoms with van der Waals surface area (Å²) in [6.45, 7) is 9.55. The van der Waals surface area contributed by atoms with Crippen LogP contribution in [0.25, 0.3) is 0 Å². The SMILES string of the molecule is CCc1ccc([C@H](C)NC(=O)c2cccc([C@H]3CCCN(C(=O)NC(C)C)C3)c2)cc1. The van der Waals surface area contributed by atoms with E-state index in [1.807, 2.05) is 43.9 Å². The maximum Gasteiger partial charge on any atom is 0.317 e. The molecule has 0 saturated carbocycles. The van der Waals surface area contributed by atoms with Crippen molar-refractivity contribution in [2.45, 2.75) is 65.0 Å². The average Bonchev–Trinajstić information content (AvgIpc) is 2.78. The first-order chi connectivity index (χ1) is 14.9. The molecule has 1 saturated heterocycles. The molecule has 0 unspecified atom stereocenters. The van der Waals surface area contributed by atoms with Gasteiger partial charge in [0.2, 0.25) is 0 Å². The Hall–Kier alpha value is -2.82. The smallest absolute Gasteiger partial charge is 0.317 e. The number of nitrogens with one attached hydrogen (secondary N) is 2. The predicted molar refractivity (Wildman–Crippen MR) is 125 cm³/mol. The summed E-state index contributed by atoms with van der Waals surface area (Å²) in [5.41, 5.74) is 4.17. The van der Waals surface area contributed by atoms with E-state index in [2.05, 4.69) is 47.9 Å². The molecule has 1 aliphatic heterocycles. The molecule has 0 bridgehead atoms. The van der Waals surface area contributed by atoms with Crippen molar-refractivity contribution < 1.29 is 9.59 Å². The van der Waals surface area contributed by atoms with E-state index >= 15 is 0 Å². The minimum Gasteiger partial charge on any atom is -0.346 e. The topological polar surface area (TPSA) is 61.4 Å². The molecule has 3 rings (SSSR count). The molecule has 2 atom stereocenters. The predicted octanol–water partition coefficient (Wildman–Crippen LogP) is 5.04. The second kappa shape index (κ2) is 10.5. The molecule has 2 N–H and O–H groups in total. The maximum atomic E-state index is 12.9. The number of hydrogen-bond donors (Lipinski definition) is 2. The highest BCUT2D eigenvalue weighted by Gasteiger charge is 2.25. The summed E-state index contributed by atoms with van der Waals surface area (Å²) in [4.78, 5) is 27.2. The molecule has 0 radical (unpaired) electrons. The molecule has 2 aromatic rings. The molecule has 1 fully saturated rings. The van der Waals surface area contributed by atoms with Gasteiger partial charge in [-0.15, -0.1) is 0 Å². The second-order valence-corrected chi connectivity index (χ2v) is 8.81. The van der Waals surface area contributed by atoms with Gasteiger partial charge in [0, 0.05) is 30.6 Å². The molecular weight excluding hydrogens is 386 g/mol.